The molecule has 0 spiro atoms. The standard InChI is InChI=1S/C12H15NO3/c1-2-10(12(15)16)13-11(14)8-9-6-4-3-5-7-9/h3-7,10H,2,8H2,1H3,(H,13,14)(H,15,16)/p-1/t10-/m0/s1. The van der Waals surface area contributed by atoms with Crippen molar-refractivity contribution >= 4 is 11.9 Å². The molecule has 1 aromatic rings. The molecule has 0 radical (unpaired) electrons. The zero-order valence-electron chi connectivity index (χ0n) is 9.10. The van der Waals surface area contributed by atoms with Gasteiger partial charge in [-0.25, -0.2) is 0 Å². The van der Waals surface area contributed by atoms with Crippen LogP contribution in [0.25, 0.3) is 0 Å². The first-order chi connectivity index (χ1) is 7.63. The molecule has 0 aliphatic carbocycles. The molecule has 0 fully saturated rings. The monoisotopic (exact) mass is 220 g/mol. The van der Waals surface area contributed by atoms with Crippen molar-refractivity contribution in [3.05, 3.63) is 35.9 Å². The molecule has 0 saturated heterocycles. The van der Waals surface area contributed by atoms with E-state index < -0.39 is 12.0 Å². The highest BCUT2D eigenvalue weighted by Gasteiger charge is 2.11. The van der Waals surface area contributed by atoms with Crippen molar-refractivity contribution in [2.75, 3.05) is 0 Å². The molecular formula is C12H14NO3-. The Balaban J connectivity index is 2.50. The minimum atomic E-state index is -1.25. The Bertz CT molecular complexity index is 362. The molecule has 1 N–H and O–H groups in total. The maximum absolute atomic E-state index is 11.5. The largest absolute Gasteiger partial charge is 0.548 e. The molecule has 0 unspecified atom stereocenters. The molecular weight excluding hydrogens is 206 g/mol. The van der Waals surface area contributed by atoms with E-state index in [9.17, 15) is 14.7 Å². The van der Waals surface area contributed by atoms with Gasteiger partial charge in [-0.2, -0.15) is 0 Å². The Morgan fingerprint density at radius 3 is 2.44 bits per heavy atom. The third-order valence-corrected chi connectivity index (χ3v) is 2.24. The second-order valence-electron chi connectivity index (χ2n) is 3.51. The van der Waals surface area contributed by atoms with Crippen molar-refractivity contribution in [2.24, 2.45) is 0 Å². The normalized spacial score (nSPS) is 11.8. The van der Waals surface area contributed by atoms with Crippen LogP contribution in [0.3, 0.4) is 0 Å². The summed E-state index contributed by atoms with van der Waals surface area (Å²) in [6.07, 6.45) is 0.507. The van der Waals surface area contributed by atoms with Crippen LogP contribution in [0.1, 0.15) is 18.9 Å². The molecule has 86 valence electrons. The highest BCUT2D eigenvalue weighted by atomic mass is 16.4. The van der Waals surface area contributed by atoms with E-state index in [0.29, 0.717) is 6.42 Å². The van der Waals surface area contributed by atoms with E-state index in [4.69, 9.17) is 0 Å². The molecule has 1 amide bonds. The van der Waals surface area contributed by atoms with Crippen molar-refractivity contribution in [2.45, 2.75) is 25.8 Å². The molecule has 0 heterocycles. The van der Waals surface area contributed by atoms with Crippen LogP contribution in [-0.2, 0) is 16.0 Å². The van der Waals surface area contributed by atoms with Gasteiger partial charge >= 0.3 is 0 Å². The average Bonchev–Trinajstić information content (AvgIpc) is 2.27. The first kappa shape index (κ1) is 12.2. The maximum Gasteiger partial charge on any atom is 0.224 e. The number of carbonyl (C=O) groups is 2. The fourth-order valence-electron chi connectivity index (χ4n) is 1.35. The molecule has 0 aliphatic rings. The predicted molar refractivity (Wildman–Crippen MR) is 57.4 cm³/mol. The fourth-order valence-corrected chi connectivity index (χ4v) is 1.35. The van der Waals surface area contributed by atoms with Crippen LogP contribution in [0.2, 0.25) is 0 Å². The summed E-state index contributed by atoms with van der Waals surface area (Å²) < 4.78 is 0. The van der Waals surface area contributed by atoms with Crippen molar-refractivity contribution in [3.63, 3.8) is 0 Å². The van der Waals surface area contributed by atoms with Crippen LogP contribution in [0.4, 0.5) is 0 Å². The summed E-state index contributed by atoms with van der Waals surface area (Å²) in [6.45, 7) is 1.68. The second-order valence-corrected chi connectivity index (χ2v) is 3.51. The lowest BCUT2D eigenvalue weighted by Crippen LogP contribution is -2.47. The van der Waals surface area contributed by atoms with Crippen LogP contribution in [-0.4, -0.2) is 17.9 Å². The van der Waals surface area contributed by atoms with Crippen molar-refractivity contribution in [3.8, 4) is 0 Å². The quantitative estimate of drug-likeness (QED) is 0.751. The molecule has 0 aromatic heterocycles. The van der Waals surface area contributed by atoms with Gasteiger partial charge < -0.3 is 15.2 Å². The Hall–Kier alpha value is -1.84. The second kappa shape index (κ2) is 5.90. The lowest BCUT2D eigenvalue weighted by atomic mass is 10.1. The summed E-state index contributed by atoms with van der Waals surface area (Å²) in [6, 6.07) is 8.25. The number of carbonyl (C=O) groups excluding carboxylic acids is 2. The number of aliphatic carboxylic acids is 1. The number of carboxylic acids is 1. The topological polar surface area (TPSA) is 69.2 Å². The number of benzene rings is 1. The van der Waals surface area contributed by atoms with Gasteiger partial charge in [-0.1, -0.05) is 37.3 Å². The van der Waals surface area contributed by atoms with Gasteiger partial charge in [0.25, 0.3) is 0 Å². The summed E-state index contributed by atoms with van der Waals surface area (Å²) in [7, 11) is 0. The average molecular weight is 220 g/mol. The van der Waals surface area contributed by atoms with E-state index >= 15 is 0 Å². The zero-order valence-corrected chi connectivity index (χ0v) is 9.10. The SMILES string of the molecule is CC[C@H](NC(=O)Cc1ccccc1)C(=O)[O-]. The van der Waals surface area contributed by atoms with Gasteiger partial charge in [-0.3, -0.25) is 4.79 Å². The summed E-state index contributed by atoms with van der Waals surface area (Å²) in [5.41, 5.74) is 0.855. The number of hydrogen-bond acceptors (Lipinski definition) is 3. The molecule has 0 saturated carbocycles. The molecule has 0 aliphatic heterocycles. The number of hydrogen-bond donors (Lipinski definition) is 1. The molecule has 16 heavy (non-hydrogen) atoms. The molecule has 4 nitrogen and oxygen atoms in total. The predicted octanol–water partition coefficient (Wildman–Crippen LogP) is -0.126. The Labute approximate surface area is 94.3 Å². The van der Waals surface area contributed by atoms with Gasteiger partial charge in [0.1, 0.15) is 0 Å². The highest BCUT2D eigenvalue weighted by molar-refractivity contribution is 5.84. The van der Waals surface area contributed by atoms with E-state index in [0.717, 1.165) is 5.56 Å². The van der Waals surface area contributed by atoms with Crippen LogP contribution < -0.4 is 10.4 Å². The first-order valence-corrected chi connectivity index (χ1v) is 5.17. The highest BCUT2D eigenvalue weighted by Crippen LogP contribution is 2.00. The minimum absolute atomic E-state index is 0.185. The Morgan fingerprint density at radius 2 is 1.94 bits per heavy atom. The Morgan fingerprint density at radius 1 is 1.31 bits per heavy atom. The van der Waals surface area contributed by atoms with Crippen molar-refractivity contribution < 1.29 is 14.7 Å². The van der Waals surface area contributed by atoms with Gasteiger partial charge in [-0.15, -0.1) is 0 Å². The van der Waals surface area contributed by atoms with E-state index in [-0.39, 0.29) is 12.3 Å². The van der Waals surface area contributed by atoms with Gasteiger partial charge in [0, 0.05) is 0 Å². The molecule has 1 atom stereocenters. The zero-order chi connectivity index (χ0) is 12.0. The summed E-state index contributed by atoms with van der Waals surface area (Å²) in [5.74, 6) is -1.55. The number of nitrogens with one attached hydrogen (secondary N) is 1. The molecule has 1 rings (SSSR count). The number of amides is 1. The van der Waals surface area contributed by atoms with Crippen LogP contribution >= 0.6 is 0 Å². The van der Waals surface area contributed by atoms with Gasteiger partial charge in [0.2, 0.25) is 5.91 Å². The van der Waals surface area contributed by atoms with Gasteiger partial charge in [0.05, 0.1) is 18.4 Å². The van der Waals surface area contributed by atoms with Gasteiger partial charge in [0.15, 0.2) is 0 Å². The van der Waals surface area contributed by atoms with Gasteiger partial charge in [-0.05, 0) is 12.0 Å². The maximum atomic E-state index is 11.5. The fraction of sp³-hybridized carbons (Fsp3) is 0.333. The molecule has 4 heteroatoms. The summed E-state index contributed by atoms with van der Waals surface area (Å²) >= 11 is 0. The third kappa shape index (κ3) is 3.73. The number of carboxylic acid groups (broad SMARTS) is 1. The smallest absolute Gasteiger partial charge is 0.224 e. The van der Waals surface area contributed by atoms with E-state index in [1.807, 2.05) is 30.3 Å². The van der Waals surface area contributed by atoms with E-state index in [1.165, 1.54) is 0 Å². The van der Waals surface area contributed by atoms with Crippen LogP contribution in [0, 0.1) is 0 Å². The molecule has 0 bridgehead atoms. The summed E-state index contributed by atoms with van der Waals surface area (Å²) in [4.78, 5) is 22.1. The van der Waals surface area contributed by atoms with E-state index in [2.05, 4.69) is 5.32 Å². The summed E-state index contributed by atoms with van der Waals surface area (Å²) in [5, 5.41) is 13.0. The number of rotatable bonds is 5. The Kier molecular flexibility index (Phi) is 4.51. The minimum Gasteiger partial charge on any atom is -0.548 e. The van der Waals surface area contributed by atoms with Crippen LogP contribution in [0.5, 0.6) is 0 Å². The lowest BCUT2D eigenvalue weighted by Gasteiger charge is -2.17. The van der Waals surface area contributed by atoms with Crippen LogP contribution in [0.15, 0.2) is 30.3 Å². The van der Waals surface area contributed by atoms with Crippen molar-refractivity contribution in [1.29, 1.82) is 0 Å². The first-order valence-electron chi connectivity index (χ1n) is 5.17. The van der Waals surface area contributed by atoms with Crippen molar-refractivity contribution in [1.82, 2.24) is 5.32 Å². The molecule has 1 aromatic carbocycles. The third-order valence-electron chi connectivity index (χ3n) is 2.24. The lowest BCUT2D eigenvalue weighted by molar-refractivity contribution is -0.308. The van der Waals surface area contributed by atoms with E-state index in [1.54, 1.807) is 6.92 Å².